The first kappa shape index (κ1) is 13.5. The molecule has 3 N–H and O–H groups in total. The molecule has 0 bridgehead atoms. The smallest absolute Gasteiger partial charge is 0.159 e. The summed E-state index contributed by atoms with van der Waals surface area (Å²) in [6, 6.07) is 0.981. The predicted octanol–water partition coefficient (Wildman–Crippen LogP) is 1.05. The van der Waals surface area contributed by atoms with Gasteiger partial charge in [-0.05, 0) is 36.8 Å². The number of nitrogen functional groups attached to an aromatic ring is 1. The standard InChI is InChI=1S/C11H19BrN6/c1-7-4-18(5-8(2)17(7)3)11-9(12)10(16-13)14-6-15-11/h6-8H,4-5,13H2,1-3H3,(H,14,15,16). The van der Waals surface area contributed by atoms with Crippen molar-refractivity contribution in [2.45, 2.75) is 25.9 Å². The van der Waals surface area contributed by atoms with Gasteiger partial charge in [0.1, 0.15) is 16.6 Å². The number of hydrogen-bond donors (Lipinski definition) is 2. The number of hydrogen-bond acceptors (Lipinski definition) is 6. The van der Waals surface area contributed by atoms with Crippen molar-refractivity contribution in [3.05, 3.63) is 10.8 Å². The fourth-order valence-corrected chi connectivity index (χ4v) is 2.83. The van der Waals surface area contributed by atoms with E-state index in [2.05, 4.69) is 62.0 Å². The van der Waals surface area contributed by atoms with Crippen molar-refractivity contribution in [2.24, 2.45) is 5.84 Å². The highest BCUT2D eigenvalue weighted by Gasteiger charge is 2.28. The molecule has 0 spiro atoms. The minimum atomic E-state index is 0.491. The van der Waals surface area contributed by atoms with Gasteiger partial charge in [0.15, 0.2) is 5.82 Å². The molecule has 2 rings (SSSR count). The number of likely N-dealkylation sites (N-methyl/N-ethyl adjacent to an activating group) is 1. The molecule has 0 radical (unpaired) electrons. The normalized spacial score (nSPS) is 25.3. The molecule has 18 heavy (non-hydrogen) atoms. The molecule has 0 saturated carbocycles. The maximum Gasteiger partial charge on any atom is 0.159 e. The van der Waals surface area contributed by atoms with Crippen LogP contribution in [-0.4, -0.2) is 47.1 Å². The number of piperazine rings is 1. The Morgan fingerprint density at radius 2 is 1.94 bits per heavy atom. The van der Waals surface area contributed by atoms with Crippen molar-refractivity contribution in [1.82, 2.24) is 14.9 Å². The maximum atomic E-state index is 5.43. The average molecular weight is 315 g/mol. The molecule has 0 aliphatic carbocycles. The number of nitrogens with zero attached hydrogens (tertiary/aromatic N) is 4. The van der Waals surface area contributed by atoms with Crippen molar-refractivity contribution in [1.29, 1.82) is 0 Å². The number of rotatable bonds is 2. The molecule has 0 amide bonds. The second kappa shape index (κ2) is 5.38. The minimum Gasteiger partial charge on any atom is -0.352 e. The summed E-state index contributed by atoms with van der Waals surface area (Å²) in [4.78, 5) is 13.1. The van der Waals surface area contributed by atoms with Gasteiger partial charge in [0.05, 0.1) is 0 Å². The van der Waals surface area contributed by atoms with Crippen LogP contribution in [0.3, 0.4) is 0 Å². The van der Waals surface area contributed by atoms with Gasteiger partial charge in [-0.15, -0.1) is 0 Å². The van der Waals surface area contributed by atoms with E-state index in [0.717, 1.165) is 23.4 Å². The van der Waals surface area contributed by atoms with E-state index in [4.69, 9.17) is 5.84 Å². The molecule has 1 aromatic rings. The van der Waals surface area contributed by atoms with Crippen LogP contribution in [0.4, 0.5) is 11.6 Å². The molecule has 100 valence electrons. The van der Waals surface area contributed by atoms with Crippen LogP contribution in [0.5, 0.6) is 0 Å². The molecule has 6 nitrogen and oxygen atoms in total. The second-order valence-corrected chi connectivity index (χ2v) is 5.57. The fraction of sp³-hybridized carbons (Fsp3) is 0.636. The summed E-state index contributed by atoms with van der Waals surface area (Å²) in [5.74, 6) is 6.93. The molecule has 2 unspecified atom stereocenters. The van der Waals surface area contributed by atoms with Crippen LogP contribution in [0.15, 0.2) is 10.8 Å². The van der Waals surface area contributed by atoms with Gasteiger partial charge in [-0.1, -0.05) is 0 Å². The summed E-state index contributed by atoms with van der Waals surface area (Å²) < 4.78 is 0.816. The van der Waals surface area contributed by atoms with E-state index in [0.29, 0.717) is 17.9 Å². The predicted molar refractivity (Wildman–Crippen MR) is 76.4 cm³/mol. The van der Waals surface area contributed by atoms with Crippen LogP contribution in [0.2, 0.25) is 0 Å². The highest BCUT2D eigenvalue weighted by Crippen LogP contribution is 2.30. The molecule has 1 fully saturated rings. The van der Waals surface area contributed by atoms with Gasteiger partial charge in [0, 0.05) is 25.2 Å². The van der Waals surface area contributed by atoms with Crippen LogP contribution in [0, 0.1) is 0 Å². The van der Waals surface area contributed by atoms with Crippen molar-refractivity contribution < 1.29 is 0 Å². The largest absolute Gasteiger partial charge is 0.352 e. The van der Waals surface area contributed by atoms with Crippen molar-refractivity contribution >= 4 is 27.6 Å². The summed E-state index contributed by atoms with van der Waals surface area (Å²) in [6.07, 6.45) is 1.53. The van der Waals surface area contributed by atoms with Gasteiger partial charge in [-0.2, -0.15) is 0 Å². The molecular weight excluding hydrogens is 296 g/mol. The topological polar surface area (TPSA) is 70.3 Å². The van der Waals surface area contributed by atoms with Gasteiger partial charge >= 0.3 is 0 Å². The molecule has 1 aromatic heterocycles. The molecule has 2 atom stereocenters. The van der Waals surface area contributed by atoms with Gasteiger partial charge in [0.2, 0.25) is 0 Å². The summed E-state index contributed by atoms with van der Waals surface area (Å²) in [6.45, 7) is 6.33. The monoisotopic (exact) mass is 314 g/mol. The summed E-state index contributed by atoms with van der Waals surface area (Å²) in [5.41, 5.74) is 2.57. The summed E-state index contributed by atoms with van der Waals surface area (Å²) in [5, 5.41) is 0. The third-order valence-corrected chi connectivity index (χ3v) is 4.30. The average Bonchev–Trinajstić information content (AvgIpc) is 2.35. The number of anilines is 2. The minimum absolute atomic E-state index is 0.491. The van der Waals surface area contributed by atoms with E-state index in [-0.39, 0.29) is 0 Å². The van der Waals surface area contributed by atoms with E-state index in [1.807, 2.05) is 0 Å². The second-order valence-electron chi connectivity index (χ2n) is 4.77. The Morgan fingerprint density at radius 3 is 2.50 bits per heavy atom. The van der Waals surface area contributed by atoms with E-state index in [1.165, 1.54) is 6.33 Å². The lowest BCUT2D eigenvalue weighted by molar-refractivity contribution is 0.169. The Balaban J connectivity index is 2.27. The van der Waals surface area contributed by atoms with Crippen molar-refractivity contribution in [3.8, 4) is 0 Å². The van der Waals surface area contributed by atoms with Gasteiger partial charge in [0.25, 0.3) is 0 Å². The van der Waals surface area contributed by atoms with E-state index >= 15 is 0 Å². The number of nitrogens with two attached hydrogens (primary N) is 1. The van der Waals surface area contributed by atoms with Crippen LogP contribution in [0.25, 0.3) is 0 Å². The molecule has 0 aromatic carbocycles. The van der Waals surface area contributed by atoms with E-state index < -0.39 is 0 Å². The number of nitrogens with one attached hydrogen (secondary N) is 1. The molecule has 1 aliphatic heterocycles. The molecule has 2 heterocycles. The highest BCUT2D eigenvalue weighted by atomic mass is 79.9. The fourth-order valence-electron chi connectivity index (χ4n) is 2.26. The number of halogens is 1. The first-order valence-electron chi connectivity index (χ1n) is 5.98. The molecule has 1 saturated heterocycles. The Morgan fingerprint density at radius 1 is 1.33 bits per heavy atom. The summed E-state index contributed by atoms with van der Waals surface area (Å²) in [7, 11) is 2.16. The first-order valence-corrected chi connectivity index (χ1v) is 6.78. The molecule has 1 aliphatic rings. The van der Waals surface area contributed by atoms with Crippen molar-refractivity contribution in [2.75, 3.05) is 30.5 Å². The van der Waals surface area contributed by atoms with Crippen LogP contribution in [0.1, 0.15) is 13.8 Å². The van der Waals surface area contributed by atoms with Gasteiger partial charge in [-0.3, -0.25) is 4.90 Å². The number of hydrazine groups is 1. The third kappa shape index (κ3) is 2.43. The lowest BCUT2D eigenvalue weighted by atomic mass is 10.1. The van der Waals surface area contributed by atoms with Crippen LogP contribution in [-0.2, 0) is 0 Å². The Kier molecular flexibility index (Phi) is 4.04. The van der Waals surface area contributed by atoms with E-state index in [1.54, 1.807) is 0 Å². The highest BCUT2D eigenvalue weighted by molar-refractivity contribution is 9.10. The summed E-state index contributed by atoms with van der Waals surface area (Å²) >= 11 is 3.51. The number of aromatic nitrogens is 2. The van der Waals surface area contributed by atoms with Crippen LogP contribution < -0.4 is 16.2 Å². The SMILES string of the molecule is CC1CN(c2ncnc(NN)c2Br)CC(C)N1C. The van der Waals surface area contributed by atoms with E-state index in [9.17, 15) is 0 Å². The van der Waals surface area contributed by atoms with Gasteiger partial charge < -0.3 is 10.3 Å². The maximum absolute atomic E-state index is 5.43. The zero-order valence-corrected chi connectivity index (χ0v) is 12.5. The first-order chi connectivity index (χ1) is 8.54. The Bertz CT molecular complexity index is 414. The zero-order chi connectivity index (χ0) is 13.3. The lowest BCUT2D eigenvalue weighted by Crippen LogP contribution is -2.55. The quantitative estimate of drug-likeness (QED) is 0.628. The van der Waals surface area contributed by atoms with Crippen molar-refractivity contribution in [3.63, 3.8) is 0 Å². The molecular formula is C11H19BrN6. The Labute approximate surface area is 116 Å². The molecule has 7 heteroatoms. The third-order valence-electron chi connectivity index (χ3n) is 3.57. The Hall–Kier alpha value is -0.920. The van der Waals surface area contributed by atoms with Crippen LogP contribution >= 0.6 is 15.9 Å². The lowest BCUT2D eigenvalue weighted by Gasteiger charge is -2.43. The van der Waals surface area contributed by atoms with Gasteiger partial charge in [-0.25, -0.2) is 15.8 Å². The zero-order valence-electron chi connectivity index (χ0n) is 10.9.